The third kappa shape index (κ3) is 5.94. The summed E-state index contributed by atoms with van der Waals surface area (Å²) in [7, 11) is 0. The highest BCUT2D eigenvalue weighted by molar-refractivity contribution is 6.19. The second-order valence-corrected chi connectivity index (χ2v) is 17.8. The van der Waals surface area contributed by atoms with Crippen LogP contribution in [0.25, 0.3) is 122 Å². The Morgan fingerprint density at radius 2 is 0.603 bits per heavy atom. The summed E-state index contributed by atoms with van der Waals surface area (Å²) in [5.74, 6) is 0. The van der Waals surface area contributed by atoms with Gasteiger partial charge < -0.3 is 18.3 Å². The molecule has 4 aromatic heterocycles. The SMILES string of the molecule is c1ccc(-c2cccc(-n3ccc4ccc5c6ccccc6n(-c6ccc(-c7ccc(-n8c9ccccc9c9ccc%10ccn(-c%11cccc(-c%12ccccc%12)c%11)c%10c98)cc7)cc6)c5c43)c2)cc1. The van der Waals surface area contributed by atoms with E-state index in [1.165, 1.54) is 98.8 Å². The fourth-order valence-corrected chi connectivity index (χ4v) is 10.9. The molecular weight excluding hydrogens is 825 g/mol. The lowest BCUT2D eigenvalue weighted by atomic mass is 10.0. The molecule has 4 heterocycles. The van der Waals surface area contributed by atoms with Crippen molar-refractivity contribution in [1.82, 2.24) is 18.3 Å². The first-order chi connectivity index (χ1) is 33.7. The Morgan fingerprint density at radius 3 is 1.04 bits per heavy atom. The van der Waals surface area contributed by atoms with Gasteiger partial charge >= 0.3 is 0 Å². The monoisotopic (exact) mass is 866 g/mol. The number of benzene rings is 10. The zero-order valence-corrected chi connectivity index (χ0v) is 37.0. The summed E-state index contributed by atoms with van der Waals surface area (Å²) in [5.41, 5.74) is 18.8. The molecule has 68 heavy (non-hydrogen) atoms. The third-order valence-corrected chi connectivity index (χ3v) is 14.0. The van der Waals surface area contributed by atoms with E-state index in [9.17, 15) is 0 Å². The predicted molar refractivity (Wildman–Crippen MR) is 285 cm³/mol. The van der Waals surface area contributed by atoms with Crippen LogP contribution in [0.3, 0.4) is 0 Å². The molecule has 0 saturated heterocycles. The number of hydrogen-bond acceptors (Lipinski definition) is 0. The fraction of sp³-hybridized carbons (Fsp3) is 0. The first-order valence-corrected chi connectivity index (χ1v) is 23.3. The lowest BCUT2D eigenvalue weighted by molar-refractivity contribution is 1.12. The van der Waals surface area contributed by atoms with Crippen LogP contribution >= 0.6 is 0 Å². The van der Waals surface area contributed by atoms with Crippen LogP contribution in [0.2, 0.25) is 0 Å². The van der Waals surface area contributed by atoms with Gasteiger partial charge in [-0.05, 0) is 106 Å². The average molecular weight is 867 g/mol. The fourth-order valence-electron chi connectivity index (χ4n) is 10.9. The van der Waals surface area contributed by atoms with Crippen LogP contribution in [-0.2, 0) is 0 Å². The van der Waals surface area contributed by atoms with Crippen molar-refractivity contribution in [3.05, 3.63) is 255 Å². The molecule has 4 heteroatoms. The van der Waals surface area contributed by atoms with E-state index in [-0.39, 0.29) is 0 Å². The normalized spacial score (nSPS) is 11.8. The Kier molecular flexibility index (Phi) is 8.55. The van der Waals surface area contributed by atoms with Crippen molar-refractivity contribution in [2.75, 3.05) is 0 Å². The lowest BCUT2D eigenvalue weighted by Crippen LogP contribution is -1.99. The summed E-state index contributed by atoms with van der Waals surface area (Å²) in [6.45, 7) is 0. The Bertz CT molecular complexity index is 3940. The molecule has 0 aliphatic heterocycles. The van der Waals surface area contributed by atoms with E-state index in [2.05, 4.69) is 273 Å². The quantitative estimate of drug-likeness (QED) is 0.152. The van der Waals surface area contributed by atoms with Crippen LogP contribution in [0, 0.1) is 0 Å². The van der Waals surface area contributed by atoms with Crippen LogP contribution in [-0.4, -0.2) is 18.3 Å². The van der Waals surface area contributed by atoms with Crippen LogP contribution in [0.15, 0.2) is 255 Å². The first-order valence-electron chi connectivity index (χ1n) is 23.3. The molecule has 0 aliphatic carbocycles. The Hall–Kier alpha value is -9.12. The van der Waals surface area contributed by atoms with Gasteiger partial charge in [-0.15, -0.1) is 0 Å². The second kappa shape index (κ2) is 15.2. The topological polar surface area (TPSA) is 19.7 Å². The van der Waals surface area contributed by atoms with Gasteiger partial charge in [0.25, 0.3) is 0 Å². The maximum atomic E-state index is 2.45. The molecule has 0 amide bonds. The summed E-state index contributed by atoms with van der Waals surface area (Å²) in [4.78, 5) is 0. The molecule has 4 nitrogen and oxygen atoms in total. The lowest BCUT2D eigenvalue weighted by Gasteiger charge is -2.14. The van der Waals surface area contributed by atoms with Gasteiger partial charge in [-0.1, -0.05) is 170 Å². The molecule has 0 unspecified atom stereocenters. The zero-order chi connectivity index (χ0) is 44.7. The molecule has 0 atom stereocenters. The minimum Gasteiger partial charge on any atom is -0.315 e. The molecule has 0 radical (unpaired) electrons. The van der Waals surface area contributed by atoms with E-state index >= 15 is 0 Å². The van der Waals surface area contributed by atoms with Gasteiger partial charge in [-0.3, -0.25) is 0 Å². The maximum absolute atomic E-state index is 2.45. The standard InChI is InChI=1S/C64H42N4/c1-3-13-43(14-4-1)49-17-11-19-53(41-49)65-39-37-47-29-35-57-55-21-7-9-23-59(55)67(63(57)61(47)65)51-31-25-45(26-32-51)46-27-33-52(34-28-46)68-60-24-10-8-22-56(60)58-36-30-48-38-40-66(62(48)64(58)68)54-20-12-18-50(42-54)44-15-5-2-6-16-44/h1-42H. The Labute approximate surface area is 393 Å². The number of nitrogens with zero attached hydrogens (tertiary/aromatic N) is 4. The Balaban J connectivity index is 0.870. The van der Waals surface area contributed by atoms with Crippen molar-refractivity contribution in [2.24, 2.45) is 0 Å². The summed E-state index contributed by atoms with van der Waals surface area (Å²) in [5, 5.41) is 7.37. The van der Waals surface area contributed by atoms with Crippen molar-refractivity contribution >= 4 is 65.4 Å². The molecule has 14 rings (SSSR count). The minimum absolute atomic E-state index is 1.13. The summed E-state index contributed by atoms with van der Waals surface area (Å²) < 4.78 is 9.62. The van der Waals surface area contributed by atoms with Crippen LogP contribution < -0.4 is 0 Å². The van der Waals surface area contributed by atoms with Gasteiger partial charge in [0.1, 0.15) is 0 Å². The van der Waals surface area contributed by atoms with Crippen molar-refractivity contribution in [3.63, 3.8) is 0 Å². The number of hydrogen-bond donors (Lipinski definition) is 0. The molecule has 14 aromatic rings. The van der Waals surface area contributed by atoms with Crippen LogP contribution in [0.5, 0.6) is 0 Å². The van der Waals surface area contributed by atoms with E-state index in [4.69, 9.17) is 0 Å². The molecular formula is C64H42N4. The zero-order valence-electron chi connectivity index (χ0n) is 37.0. The van der Waals surface area contributed by atoms with E-state index in [0.717, 1.165) is 22.7 Å². The van der Waals surface area contributed by atoms with Gasteiger partial charge in [-0.2, -0.15) is 0 Å². The highest BCUT2D eigenvalue weighted by Crippen LogP contribution is 2.41. The van der Waals surface area contributed by atoms with Crippen molar-refractivity contribution < 1.29 is 0 Å². The summed E-state index contributed by atoms with van der Waals surface area (Å²) in [6, 6.07) is 88.4. The van der Waals surface area contributed by atoms with Gasteiger partial charge in [0.15, 0.2) is 0 Å². The highest BCUT2D eigenvalue weighted by atomic mass is 15.0. The molecule has 0 aliphatic rings. The number of fused-ring (bicyclic) bond motifs is 10. The van der Waals surface area contributed by atoms with Crippen molar-refractivity contribution in [3.8, 4) is 56.1 Å². The minimum atomic E-state index is 1.13. The van der Waals surface area contributed by atoms with E-state index in [1.54, 1.807) is 0 Å². The number of para-hydroxylation sites is 2. The number of aromatic nitrogens is 4. The summed E-state index contributed by atoms with van der Waals surface area (Å²) in [6.07, 6.45) is 4.43. The van der Waals surface area contributed by atoms with Gasteiger partial charge in [0, 0.05) is 67.5 Å². The first kappa shape index (κ1) is 38.2. The predicted octanol–water partition coefficient (Wildman–Crippen LogP) is 16.8. The molecule has 318 valence electrons. The molecule has 0 bridgehead atoms. The third-order valence-electron chi connectivity index (χ3n) is 14.0. The van der Waals surface area contributed by atoms with E-state index < -0.39 is 0 Å². The van der Waals surface area contributed by atoms with Crippen LogP contribution in [0.1, 0.15) is 0 Å². The smallest absolute Gasteiger partial charge is 0.0788 e. The average Bonchev–Trinajstić information content (AvgIpc) is 4.21. The van der Waals surface area contributed by atoms with E-state index in [0.29, 0.717) is 0 Å². The van der Waals surface area contributed by atoms with Crippen molar-refractivity contribution in [2.45, 2.75) is 0 Å². The molecule has 0 saturated carbocycles. The largest absolute Gasteiger partial charge is 0.315 e. The molecule has 0 spiro atoms. The van der Waals surface area contributed by atoms with Gasteiger partial charge in [0.2, 0.25) is 0 Å². The van der Waals surface area contributed by atoms with Gasteiger partial charge in [0.05, 0.1) is 33.1 Å². The van der Waals surface area contributed by atoms with Crippen molar-refractivity contribution in [1.29, 1.82) is 0 Å². The number of rotatable bonds is 7. The molecule has 0 N–H and O–H groups in total. The highest BCUT2D eigenvalue weighted by Gasteiger charge is 2.20. The maximum Gasteiger partial charge on any atom is 0.0788 e. The summed E-state index contributed by atoms with van der Waals surface area (Å²) >= 11 is 0. The van der Waals surface area contributed by atoms with E-state index in [1.807, 2.05) is 0 Å². The molecule has 10 aromatic carbocycles. The molecule has 0 fully saturated rings. The van der Waals surface area contributed by atoms with Gasteiger partial charge in [-0.25, -0.2) is 0 Å². The second-order valence-electron chi connectivity index (χ2n) is 17.8. The Morgan fingerprint density at radius 1 is 0.221 bits per heavy atom. The van der Waals surface area contributed by atoms with Crippen LogP contribution in [0.4, 0.5) is 0 Å².